The number of hydrogen-bond acceptors (Lipinski definition) is 6. The van der Waals surface area contributed by atoms with Gasteiger partial charge in [0.1, 0.15) is 6.07 Å². The minimum Gasteiger partial charge on any atom is -0.360 e. The van der Waals surface area contributed by atoms with Crippen LogP contribution in [0.25, 0.3) is 0 Å². The molecule has 0 aromatic carbocycles. The van der Waals surface area contributed by atoms with Gasteiger partial charge in [0, 0.05) is 24.8 Å². The Hall–Kier alpha value is -2.20. The van der Waals surface area contributed by atoms with E-state index < -0.39 is 4.92 Å². The van der Waals surface area contributed by atoms with Crippen LogP contribution in [-0.4, -0.2) is 22.5 Å². The third kappa shape index (κ3) is 3.12. The molecule has 1 unspecified atom stereocenters. The van der Waals surface area contributed by atoms with Crippen molar-refractivity contribution in [1.29, 1.82) is 5.26 Å². The minimum atomic E-state index is -0.570. The van der Waals surface area contributed by atoms with E-state index in [1.165, 1.54) is 12.3 Å². The monoisotopic (exact) mass is 235 g/mol. The van der Waals surface area contributed by atoms with E-state index in [9.17, 15) is 10.1 Å². The van der Waals surface area contributed by atoms with Gasteiger partial charge >= 0.3 is 5.69 Å². The molecule has 0 radical (unpaired) electrons. The van der Waals surface area contributed by atoms with Gasteiger partial charge in [0.15, 0.2) is 0 Å². The van der Waals surface area contributed by atoms with Crippen molar-refractivity contribution in [1.82, 2.24) is 4.98 Å². The van der Waals surface area contributed by atoms with Gasteiger partial charge in [-0.05, 0) is 6.42 Å². The number of nitriles is 1. The third-order valence-electron chi connectivity index (χ3n) is 2.31. The standard InChI is InChI=1S/C10H13N5O2/c1-2-8(5-12)14-10-9(15(16)17)3-7(4-11)6-13-10/h3,6,8H,2,5,12H2,1H3,(H,13,14). The SMILES string of the molecule is CCC(CN)Nc1ncc(C#N)cc1[N+](=O)[O-]. The largest absolute Gasteiger partial charge is 0.360 e. The maximum atomic E-state index is 10.8. The van der Waals surface area contributed by atoms with Crippen LogP contribution in [0.4, 0.5) is 11.5 Å². The van der Waals surface area contributed by atoms with E-state index in [4.69, 9.17) is 11.0 Å². The zero-order valence-corrected chi connectivity index (χ0v) is 9.38. The van der Waals surface area contributed by atoms with Gasteiger partial charge in [0.25, 0.3) is 0 Å². The Kier molecular flexibility index (Phi) is 4.37. The second kappa shape index (κ2) is 5.77. The van der Waals surface area contributed by atoms with E-state index in [1.807, 2.05) is 13.0 Å². The smallest absolute Gasteiger partial charge is 0.312 e. The summed E-state index contributed by atoms with van der Waals surface area (Å²) >= 11 is 0. The lowest BCUT2D eigenvalue weighted by Crippen LogP contribution is -2.28. The molecule has 0 aliphatic heterocycles. The first kappa shape index (κ1) is 12.9. The lowest BCUT2D eigenvalue weighted by molar-refractivity contribution is -0.384. The number of nitrogens with two attached hydrogens (primary N) is 1. The van der Waals surface area contributed by atoms with Crippen molar-refractivity contribution in [3.05, 3.63) is 27.9 Å². The summed E-state index contributed by atoms with van der Waals surface area (Å²) in [5, 5.41) is 22.4. The highest BCUT2D eigenvalue weighted by Gasteiger charge is 2.18. The van der Waals surface area contributed by atoms with E-state index in [-0.39, 0.29) is 23.1 Å². The molecule has 1 heterocycles. The highest BCUT2D eigenvalue weighted by molar-refractivity contribution is 5.58. The van der Waals surface area contributed by atoms with Crippen LogP contribution in [0, 0.1) is 21.4 Å². The topological polar surface area (TPSA) is 118 Å². The number of nitrogens with zero attached hydrogens (tertiary/aromatic N) is 3. The molecule has 0 spiro atoms. The summed E-state index contributed by atoms with van der Waals surface area (Å²) in [7, 11) is 0. The van der Waals surface area contributed by atoms with Crippen molar-refractivity contribution in [3.8, 4) is 6.07 Å². The molecule has 1 aromatic heterocycles. The molecule has 0 saturated heterocycles. The summed E-state index contributed by atoms with van der Waals surface area (Å²) in [6.45, 7) is 2.27. The Morgan fingerprint density at radius 3 is 2.94 bits per heavy atom. The summed E-state index contributed by atoms with van der Waals surface area (Å²) in [5.41, 5.74) is 5.44. The minimum absolute atomic E-state index is 0.0749. The van der Waals surface area contributed by atoms with E-state index in [1.54, 1.807) is 0 Å². The number of nitro groups is 1. The van der Waals surface area contributed by atoms with Crippen molar-refractivity contribution in [3.63, 3.8) is 0 Å². The van der Waals surface area contributed by atoms with Crippen LogP contribution in [0.5, 0.6) is 0 Å². The van der Waals surface area contributed by atoms with Crippen LogP contribution in [-0.2, 0) is 0 Å². The van der Waals surface area contributed by atoms with E-state index >= 15 is 0 Å². The fourth-order valence-electron chi connectivity index (χ4n) is 1.29. The maximum Gasteiger partial charge on any atom is 0.312 e. The average molecular weight is 235 g/mol. The van der Waals surface area contributed by atoms with Gasteiger partial charge in [-0.1, -0.05) is 6.92 Å². The molecule has 17 heavy (non-hydrogen) atoms. The molecule has 0 bridgehead atoms. The first-order valence-electron chi connectivity index (χ1n) is 5.13. The maximum absolute atomic E-state index is 10.8. The predicted molar refractivity (Wildman–Crippen MR) is 62.4 cm³/mol. The Morgan fingerprint density at radius 1 is 1.76 bits per heavy atom. The number of rotatable bonds is 5. The highest BCUT2D eigenvalue weighted by atomic mass is 16.6. The van der Waals surface area contributed by atoms with Gasteiger partial charge in [-0.3, -0.25) is 10.1 Å². The second-order valence-electron chi connectivity index (χ2n) is 3.45. The van der Waals surface area contributed by atoms with E-state index in [0.29, 0.717) is 6.54 Å². The van der Waals surface area contributed by atoms with Gasteiger partial charge < -0.3 is 11.1 Å². The second-order valence-corrected chi connectivity index (χ2v) is 3.45. The Balaban J connectivity index is 3.07. The molecule has 0 aliphatic carbocycles. The van der Waals surface area contributed by atoms with Gasteiger partial charge in [-0.2, -0.15) is 5.26 Å². The van der Waals surface area contributed by atoms with Crippen molar-refractivity contribution >= 4 is 11.5 Å². The van der Waals surface area contributed by atoms with Crippen LogP contribution in [0.3, 0.4) is 0 Å². The zero-order valence-electron chi connectivity index (χ0n) is 9.38. The van der Waals surface area contributed by atoms with Crippen molar-refractivity contribution < 1.29 is 4.92 Å². The fraction of sp³-hybridized carbons (Fsp3) is 0.400. The quantitative estimate of drug-likeness (QED) is 0.580. The molecule has 0 fully saturated rings. The Bertz CT molecular complexity index is 450. The molecule has 90 valence electrons. The van der Waals surface area contributed by atoms with Crippen molar-refractivity contribution in [2.45, 2.75) is 19.4 Å². The fourth-order valence-corrected chi connectivity index (χ4v) is 1.29. The Labute approximate surface area is 98.4 Å². The normalized spacial score (nSPS) is 11.6. The third-order valence-corrected chi connectivity index (χ3v) is 2.31. The number of nitrogens with one attached hydrogen (secondary N) is 1. The number of pyridine rings is 1. The molecule has 1 rings (SSSR count). The summed E-state index contributed by atoms with van der Waals surface area (Å²) in [5.74, 6) is 0.145. The van der Waals surface area contributed by atoms with Gasteiger partial charge in [-0.25, -0.2) is 4.98 Å². The number of hydrogen-bond donors (Lipinski definition) is 2. The van der Waals surface area contributed by atoms with Crippen LogP contribution >= 0.6 is 0 Å². The highest BCUT2D eigenvalue weighted by Crippen LogP contribution is 2.23. The van der Waals surface area contributed by atoms with Crippen molar-refractivity contribution in [2.75, 3.05) is 11.9 Å². The molecular weight excluding hydrogens is 222 g/mol. The van der Waals surface area contributed by atoms with Crippen LogP contribution in [0.1, 0.15) is 18.9 Å². The van der Waals surface area contributed by atoms with E-state index in [0.717, 1.165) is 6.42 Å². The summed E-state index contributed by atoms with van der Waals surface area (Å²) in [6.07, 6.45) is 2.02. The molecule has 0 aliphatic rings. The molecule has 7 heteroatoms. The molecule has 1 atom stereocenters. The summed E-state index contributed by atoms with van der Waals surface area (Å²) in [6, 6.07) is 2.93. The average Bonchev–Trinajstić information content (AvgIpc) is 2.35. The molecular formula is C10H13N5O2. The van der Waals surface area contributed by atoms with Gasteiger partial charge in [-0.15, -0.1) is 0 Å². The molecule has 0 saturated carbocycles. The molecule has 7 nitrogen and oxygen atoms in total. The zero-order chi connectivity index (χ0) is 12.8. The van der Waals surface area contributed by atoms with Crippen LogP contribution in [0.15, 0.2) is 12.3 Å². The van der Waals surface area contributed by atoms with Gasteiger partial charge in [0.2, 0.25) is 5.82 Å². The van der Waals surface area contributed by atoms with Crippen molar-refractivity contribution in [2.24, 2.45) is 5.73 Å². The lowest BCUT2D eigenvalue weighted by Gasteiger charge is -2.14. The molecule has 1 aromatic rings. The lowest BCUT2D eigenvalue weighted by atomic mass is 10.2. The molecule has 0 amide bonds. The molecule has 3 N–H and O–H groups in total. The van der Waals surface area contributed by atoms with Crippen LogP contribution < -0.4 is 11.1 Å². The first-order chi connectivity index (χ1) is 8.12. The van der Waals surface area contributed by atoms with E-state index in [2.05, 4.69) is 10.3 Å². The first-order valence-corrected chi connectivity index (χ1v) is 5.13. The van der Waals surface area contributed by atoms with Gasteiger partial charge in [0.05, 0.1) is 10.5 Å². The van der Waals surface area contributed by atoms with Crippen LogP contribution in [0.2, 0.25) is 0 Å². The predicted octanol–water partition coefficient (Wildman–Crippen LogP) is 1.01. The summed E-state index contributed by atoms with van der Waals surface area (Å²) < 4.78 is 0. The summed E-state index contributed by atoms with van der Waals surface area (Å²) in [4.78, 5) is 14.1. The number of anilines is 1. The number of aromatic nitrogens is 1. The Morgan fingerprint density at radius 2 is 2.47 bits per heavy atom.